The minimum atomic E-state index is -3.24. The van der Waals surface area contributed by atoms with Crippen LogP contribution in [0.5, 0.6) is 0 Å². The summed E-state index contributed by atoms with van der Waals surface area (Å²) >= 11 is 0. The quantitative estimate of drug-likeness (QED) is 0.732. The summed E-state index contributed by atoms with van der Waals surface area (Å²) in [6.07, 6.45) is 3.29. The molecule has 78 valence electrons. The van der Waals surface area contributed by atoms with Gasteiger partial charge in [-0.3, -0.25) is 0 Å². The molecule has 0 bridgehead atoms. The van der Waals surface area contributed by atoms with E-state index in [1.165, 1.54) is 24.3 Å². The summed E-state index contributed by atoms with van der Waals surface area (Å²) in [4.78, 5) is 0.250. The second-order valence-corrected chi connectivity index (χ2v) is 5.02. The molecule has 0 amide bonds. The van der Waals surface area contributed by atoms with Crippen molar-refractivity contribution in [2.45, 2.75) is 11.8 Å². The number of rotatable bonds is 3. The summed E-state index contributed by atoms with van der Waals surface area (Å²) in [5.41, 5.74) is 0.458. The molecule has 0 aliphatic rings. The summed E-state index contributed by atoms with van der Waals surface area (Å²) in [7, 11) is -3.24. The molecule has 0 aromatic heterocycles. The largest absolute Gasteiger partial charge is 0.223 e. The zero-order valence-electron chi connectivity index (χ0n) is 8.34. The molecule has 4 heteroatoms. The molecule has 0 saturated carbocycles. The number of sulfone groups is 1. The Balaban J connectivity index is 3.02. The second-order valence-electron chi connectivity index (χ2n) is 2.99. The third-order valence-corrected chi connectivity index (χ3v) is 3.52. The molecule has 0 spiro atoms. The van der Waals surface area contributed by atoms with Crippen molar-refractivity contribution < 1.29 is 8.42 Å². The van der Waals surface area contributed by atoms with Gasteiger partial charge in [0.15, 0.2) is 9.84 Å². The van der Waals surface area contributed by atoms with Crippen molar-refractivity contribution in [3.63, 3.8) is 0 Å². The van der Waals surface area contributed by atoms with Crippen LogP contribution in [0.3, 0.4) is 0 Å². The molecule has 0 saturated heterocycles. The van der Waals surface area contributed by atoms with Crippen molar-refractivity contribution in [3.8, 4) is 6.07 Å². The van der Waals surface area contributed by atoms with Crippen molar-refractivity contribution in [2.75, 3.05) is 5.75 Å². The Labute approximate surface area is 89.6 Å². The molecule has 0 aliphatic heterocycles. The standard InChI is InChI=1S/C11H11NO2S/c1-2-3-8-15(13,14)11-6-4-10(9-12)5-7-11/h2-7H,8H2,1H3/b3-2+. The molecule has 0 fully saturated rings. The van der Waals surface area contributed by atoms with E-state index in [1.54, 1.807) is 19.1 Å². The number of hydrogen-bond donors (Lipinski definition) is 0. The molecule has 1 aromatic rings. The van der Waals surface area contributed by atoms with Crippen LogP contribution in [0.25, 0.3) is 0 Å². The van der Waals surface area contributed by atoms with Crippen LogP contribution in [0.2, 0.25) is 0 Å². The third-order valence-electron chi connectivity index (χ3n) is 1.89. The summed E-state index contributed by atoms with van der Waals surface area (Å²) < 4.78 is 23.3. The average Bonchev–Trinajstić information content (AvgIpc) is 2.26. The van der Waals surface area contributed by atoms with E-state index >= 15 is 0 Å². The SMILES string of the molecule is C/C=C/CS(=O)(=O)c1ccc(C#N)cc1. The lowest BCUT2D eigenvalue weighted by Crippen LogP contribution is -2.04. The molecule has 0 atom stereocenters. The van der Waals surface area contributed by atoms with Crippen molar-refractivity contribution in [3.05, 3.63) is 42.0 Å². The Hall–Kier alpha value is -1.60. The molecule has 0 radical (unpaired) electrons. The van der Waals surface area contributed by atoms with Gasteiger partial charge in [-0.1, -0.05) is 12.2 Å². The number of nitrogens with zero attached hydrogens (tertiary/aromatic N) is 1. The van der Waals surface area contributed by atoms with Crippen LogP contribution in [-0.4, -0.2) is 14.2 Å². The number of benzene rings is 1. The molecule has 0 aliphatic carbocycles. The molecular weight excluding hydrogens is 210 g/mol. The second kappa shape index (κ2) is 4.76. The fourth-order valence-electron chi connectivity index (χ4n) is 1.06. The van der Waals surface area contributed by atoms with Gasteiger partial charge in [0.1, 0.15) is 0 Å². The highest BCUT2D eigenvalue weighted by Crippen LogP contribution is 2.12. The maximum atomic E-state index is 11.7. The Morgan fingerprint density at radius 3 is 2.40 bits per heavy atom. The van der Waals surface area contributed by atoms with Crippen LogP contribution in [0, 0.1) is 11.3 Å². The monoisotopic (exact) mass is 221 g/mol. The van der Waals surface area contributed by atoms with Crippen LogP contribution in [-0.2, 0) is 9.84 Å². The lowest BCUT2D eigenvalue weighted by atomic mass is 10.2. The van der Waals surface area contributed by atoms with Crippen molar-refractivity contribution in [1.29, 1.82) is 5.26 Å². The lowest BCUT2D eigenvalue weighted by molar-refractivity contribution is 0.599. The minimum absolute atomic E-state index is 0.00456. The van der Waals surface area contributed by atoms with Crippen LogP contribution >= 0.6 is 0 Å². The molecule has 3 nitrogen and oxygen atoms in total. The smallest absolute Gasteiger partial charge is 0.181 e. The van der Waals surface area contributed by atoms with Crippen LogP contribution < -0.4 is 0 Å². The van der Waals surface area contributed by atoms with Crippen LogP contribution in [0.4, 0.5) is 0 Å². The van der Waals surface area contributed by atoms with Gasteiger partial charge in [0.2, 0.25) is 0 Å². The van der Waals surface area contributed by atoms with Gasteiger partial charge in [0, 0.05) is 0 Å². The van der Waals surface area contributed by atoms with Gasteiger partial charge in [-0.05, 0) is 31.2 Å². The van der Waals surface area contributed by atoms with Gasteiger partial charge in [0.05, 0.1) is 22.3 Å². The zero-order chi connectivity index (χ0) is 11.3. The van der Waals surface area contributed by atoms with E-state index in [4.69, 9.17) is 5.26 Å². The minimum Gasteiger partial charge on any atom is -0.223 e. The first-order valence-electron chi connectivity index (χ1n) is 4.44. The molecular formula is C11H11NO2S. The van der Waals surface area contributed by atoms with Crippen molar-refractivity contribution in [2.24, 2.45) is 0 Å². The summed E-state index contributed by atoms with van der Waals surface area (Å²) in [6.45, 7) is 1.77. The average molecular weight is 221 g/mol. The van der Waals surface area contributed by atoms with Crippen molar-refractivity contribution in [1.82, 2.24) is 0 Å². The van der Waals surface area contributed by atoms with Gasteiger partial charge >= 0.3 is 0 Å². The topological polar surface area (TPSA) is 57.9 Å². The van der Waals surface area contributed by atoms with Crippen LogP contribution in [0.15, 0.2) is 41.3 Å². The first kappa shape index (κ1) is 11.5. The van der Waals surface area contributed by atoms with Crippen LogP contribution in [0.1, 0.15) is 12.5 Å². The summed E-state index contributed by atoms with van der Waals surface area (Å²) in [5.74, 6) is -0.00456. The summed E-state index contributed by atoms with van der Waals surface area (Å²) in [6, 6.07) is 7.86. The highest BCUT2D eigenvalue weighted by molar-refractivity contribution is 7.91. The molecule has 15 heavy (non-hydrogen) atoms. The van der Waals surface area contributed by atoms with Gasteiger partial charge in [-0.15, -0.1) is 0 Å². The van der Waals surface area contributed by atoms with Gasteiger partial charge in [0.25, 0.3) is 0 Å². The Morgan fingerprint density at radius 2 is 1.93 bits per heavy atom. The van der Waals surface area contributed by atoms with Gasteiger partial charge < -0.3 is 0 Å². The first-order chi connectivity index (χ1) is 7.10. The highest BCUT2D eigenvalue weighted by atomic mass is 32.2. The number of hydrogen-bond acceptors (Lipinski definition) is 3. The molecule has 0 N–H and O–H groups in total. The molecule has 0 heterocycles. The van der Waals surface area contributed by atoms with E-state index in [0.717, 1.165) is 0 Å². The Kier molecular flexibility index (Phi) is 3.64. The van der Waals surface area contributed by atoms with E-state index in [-0.39, 0.29) is 10.6 Å². The maximum Gasteiger partial charge on any atom is 0.181 e. The fourth-order valence-corrected chi connectivity index (χ4v) is 2.24. The zero-order valence-corrected chi connectivity index (χ0v) is 9.16. The molecule has 1 rings (SSSR count). The molecule has 0 unspecified atom stereocenters. The van der Waals surface area contributed by atoms with Gasteiger partial charge in [-0.25, -0.2) is 8.42 Å². The van der Waals surface area contributed by atoms with E-state index in [2.05, 4.69) is 0 Å². The lowest BCUT2D eigenvalue weighted by Gasteiger charge is -2.00. The predicted octanol–water partition coefficient (Wildman–Crippen LogP) is 1.91. The normalized spacial score (nSPS) is 11.5. The number of allylic oxidation sites excluding steroid dienone is 1. The fraction of sp³-hybridized carbons (Fsp3) is 0.182. The first-order valence-corrected chi connectivity index (χ1v) is 6.09. The number of nitriles is 1. The van der Waals surface area contributed by atoms with Crippen molar-refractivity contribution >= 4 is 9.84 Å². The Bertz CT molecular complexity index is 492. The van der Waals surface area contributed by atoms with E-state index in [9.17, 15) is 8.42 Å². The molecule has 1 aromatic carbocycles. The van der Waals surface area contributed by atoms with E-state index in [1.807, 2.05) is 6.07 Å². The predicted molar refractivity (Wildman–Crippen MR) is 58.0 cm³/mol. The van der Waals surface area contributed by atoms with E-state index in [0.29, 0.717) is 5.56 Å². The maximum absolute atomic E-state index is 11.7. The van der Waals surface area contributed by atoms with Gasteiger partial charge in [-0.2, -0.15) is 5.26 Å². The van der Waals surface area contributed by atoms with E-state index < -0.39 is 9.84 Å². The third kappa shape index (κ3) is 2.93. The summed E-state index contributed by atoms with van der Waals surface area (Å²) in [5, 5.41) is 8.56. The Morgan fingerprint density at radius 1 is 1.33 bits per heavy atom. The highest BCUT2D eigenvalue weighted by Gasteiger charge is 2.11.